The SMILES string of the molecule is COc1cc(C(C)C)cc(C2(N=C=O)CCCC2)c1O. The Balaban J connectivity index is 2.64. The molecule has 0 spiro atoms. The van der Waals surface area contributed by atoms with E-state index in [9.17, 15) is 9.90 Å². The summed E-state index contributed by atoms with van der Waals surface area (Å²) in [7, 11) is 1.53. The molecule has 20 heavy (non-hydrogen) atoms. The van der Waals surface area contributed by atoms with Crippen molar-refractivity contribution in [3.05, 3.63) is 23.3 Å². The molecule has 0 aromatic heterocycles. The molecule has 1 aliphatic rings. The molecule has 0 radical (unpaired) electrons. The summed E-state index contributed by atoms with van der Waals surface area (Å²) in [6.07, 6.45) is 5.21. The van der Waals surface area contributed by atoms with Gasteiger partial charge < -0.3 is 9.84 Å². The number of methoxy groups -OCH3 is 1. The zero-order valence-electron chi connectivity index (χ0n) is 12.3. The number of rotatable bonds is 4. The van der Waals surface area contributed by atoms with Crippen LogP contribution in [0.25, 0.3) is 0 Å². The highest BCUT2D eigenvalue weighted by molar-refractivity contribution is 5.54. The summed E-state index contributed by atoms with van der Waals surface area (Å²) in [4.78, 5) is 14.9. The van der Waals surface area contributed by atoms with E-state index in [1.54, 1.807) is 6.08 Å². The number of phenolic OH excluding ortho intramolecular Hbond substituents is 1. The van der Waals surface area contributed by atoms with Crippen LogP contribution in [-0.4, -0.2) is 18.3 Å². The van der Waals surface area contributed by atoms with Crippen molar-refractivity contribution in [3.8, 4) is 11.5 Å². The number of isocyanates is 1. The van der Waals surface area contributed by atoms with Gasteiger partial charge in [-0.2, -0.15) is 4.99 Å². The van der Waals surface area contributed by atoms with Crippen LogP contribution in [0, 0.1) is 0 Å². The summed E-state index contributed by atoms with van der Waals surface area (Å²) in [6, 6.07) is 3.80. The van der Waals surface area contributed by atoms with Crippen LogP contribution in [0.2, 0.25) is 0 Å². The first-order valence-corrected chi connectivity index (χ1v) is 7.04. The van der Waals surface area contributed by atoms with Crippen LogP contribution in [0.1, 0.15) is 56.6 Å². The number of ether oxygens (including phenoxy) is 1. The highest BCUT2D eigenvalue weighted by Gasteiger charge is 2.39. The third-order valence-electron chi connectivity index (χ3n) is 4.18. The minimum Gasteiger partial charge on any atom is -0.504 e. The van der Waals surface area contributed by atoms with E-state index in [0.29, 0.717) is 17.2 Å². The summed E-state index contributed by atoms with van der Waals surface area (Å²) >= 11 is 0. The first-order chi connectivity index (χ1) is 9.54. The lowest BCUT2D eigenvalue weighted by Crippen LogP contribution is -2.19. The van der Waals surface area contributed by atoms with Gasteiger partial charge in [0.1, 0.15) is 5.54 Å². The van der Waals surface area contributed by atoms with Crippen LogP contribution in [-0.2, 0) is 10.3 Å². The number of nitrogens with zero attached hydrogens (tertiary/aromatic N) is 1. The molecule has 0 unspecified atom stereocenters. The van der Waals surface area contributed by atoms with Crippen molar-refractivity contribution in [2.75, 3.05) is 7.11 Å². The normalized spacial score (nSPS) is 17.0. The maximum atomic E-state index is 10.8. The molecule has 1 aromatic carbocycles. The molecule has 0 aliphatic heterocycles. The number of carbonyl (C=O) groups excluding carboxylic acids is 1. The van der Waals surface area contributed by atoms with Crippen LogP contribution in [0.3, 0.4) is 0 Å². The molecule has 1 aromatic rings. The third-order valence-corrected chi connectivity index (χ3v) is 4.18. The van der Waals surface area contributed by atoms with Gasteiger partial charge in [0.15, 0.2) is 11.5 Å². The highest BCUT2D eigenvalue weighted by atomic mass is 16.5. The minimum atomic E-state index is -0.635. The summed E-state index contributed by atoms with van der Waals surface area (Å²) < 4.78 is 5.27. The number of benzene rings is 1. The van der Waals surface area contributed by atoms with Crippen molar-refractivity contribution >= 4 is 6.08 Å². The molecule has 0 atom stereocenters. The fourth-order valence-electron chi connectivity index (χ4n) is 2.96. The van der Waals surface area contributed by atoms with Gasteiger partial charge in [0.25, 0.3) is 0 Å². The second-order valence-electron chi connectivity index (χ2n) is 5.72. The quantitative estimate of drug-likeness (QED) is 0.674. The number of hydrogen-bond acceptors (Lipinski definition) is 4. The Morgan fingerprint density at radius 2 is 2.00 bits per heavy atom. The zero-order valence-corrected chi connectivity index (χ0v) is 12.3. The van der Waals surface area contributed by atoms with E-state index in [1.165, 1.54) is 7.11 Å². The Kier molecular flexibility index (Phi) is 4.15. The number of phenols is 1. The first kappa shape index (κ1) is 14.6. The molecule has 0 saturated heterocycles. The van der Waals surface area contributed by atoms with Crippen LogP contribution in [0.5, 0.6) is 11.5 Å². The molecule has 1 saturated carbocycles. The Morgan fingerprint density at radius 3 is 2.50 bits per heavy atom. The van der Waals surface area contributed by atoms with E-state index in [4.69, 9.17) is 4.74 Å². The van der Waals surface area contributed by atoms with Gasteiger partial charge in [0.05, 0.1) is 7.11 Å². The lowest BCUT2D eigenvalue weighted by atomic mass is 9.85. The van der Waals surface area contributed by atoms with E-state index in [-0.39, 0.29) is 5.75 Å². The number of hydrogen-bond donors (Lipinski definition) is 1. The van der Waals surface area contributed by atoms with Gasteiger partial charge in [-0.3, -0.25) is 0 Å². The second-order valence-corrected chi connectivity index (χ2v) is 5.72. The topological polar surface area (TPSA) is 58.9 Å². The average Bonchev–Trinajstić information content (AvgIpc) is 2.88. The molecule has 1 fully saturated rings. The van der Waals surface area contributed by atoms with Crippen molar-refractivity contribution in [2.45, 2.75) is 51.0 Å². The van der Waals surface area contributed by atoms with Gasteiger partial charge >= 0.3 is 0 Å². The lowest BCUT2D eigenvalue weighted by Gasteiger charge is -2.26. The van der Waals surface area contributed by atoms with Gasteiger partial charge in [-0.25, -0.2) is 4.79 Å². The highest BCUT2D eigenvalue weighted by Crippen LogP contribution is 2.48. The minimum absolute atomic E-state index is 0.0952. The van der Waals surface area contributed by atoms with E-state index >= 15 is 0 Å². The molecule has 1 N–H and O–H groups in total. The van der Waals surface area contributed by atoms with Crippen LogP contribution in [0.4, 0.5) is 0 Å². The molecular weight excluding hydrogens is 254 g/mol. The summed E-state index contributed by atoms with van der Waals surface area (Å²) in [5, 5.41) is 10.4. The van der Waals surface area contributed by atoms with Crippen molar-refractivity contribution in [2.24, 2.45) is 4.99 Å². The van der Waals surface area contributed by atoms with Gasteiger partial charge in [-0.15, -0.1) is 0 Å². The average molecular weight is 275 g/mol. The van der Waals surface area contributed by atoms with Crippen LogP contribution >= 0.6 is 0 Å². The molecule has 2 rings (SSSR count). The molecule has 1 aliphatic carbocycles. The lowest BCUT2D eigenvalue weighted by molar-refractivity contribution is 0.354. The van der Waals surface area contributed by atoms with Crippen molar-refractivity contribution in [3.63, 3.8) is 0 Å². The Labute approximate surface area is 119 Å². The van der Waals surface area contributed by atoms with Crippen LogP contribution in [0.15, 0.2) is 17.1 Å². The van der Waals surface area contributed by atoms with Crippen molar-refractivity contribution in [1.82, 2.24) is 0 Å². The molecule has 108 valence electrons. The molecule has 0 bridgehead atoms. The number of aliphatic imine (C=N–C) groups is 1. The Morgan fingerprint density at radius 1 is 1.35 bits per heavy atom. The van der Waals surface area contributed by atoms with Crippen LogP contribution < -0.4 is 4.74 Å². The smallest absolute Gasteiger partial charge is 0.235 e. The monoisotopic (exact) mass is 275 g/mol. The predicted molar refractivity (Wildman–Crippen MR) is 77.0 cm³/mol. The Hall–Kier alpha value is -1.80. The molecular formula is C16H21NO3. The van der Waals surface area contributed by atoms with Gasteiger partial charge in [-0.1, -0.05) is 26.7 Å². The summed E-state index contributed by atoms with van der Waals surface area (Å²) in [5.41, 5.74) is 1.13. The standard InChI is InChI=1S/C16H21NO3/c1-11(2)12-8-13(15(19)14(9-12)20-3)16(17-10-18)6-4-5-7-16/h8-9,11,19H,4-7H2,1-3H3. The molecule has 0 amide bonds. The third kappa shape index (κ3) is 2.44. The van der Waals surface area contributed by atoms with E-state index < -0.39 is 5.54 Å². The predicted octanol–water partition coefficient (Wildman–Crippen LogP) is 3.63. The van der Waals surface area contributed by atoms with Crippen molar-refractivity contribution < 1.29 is 14.6 Å². The summed E-state index contributed by atoms with van der Waals surface area (Å²) in [6.45, 7) is 4.17. The van der Waals surface area contributed by atoms with Gasteiger partial charge in [-0.05, 0) is 36.5 Å². The fourth-order valence-corrected chi connectivity index (χ4v) is 2.96. The second kappa shape index (κ2) is 5.68. The number of aromatic hydroxyl groups is 1. The largest absolute Gasteiger partial charge is 0.504 e. The van der Waals surface area contributed by atoms with Gasteiger partial charge in [0, 0.05) is 5.56 Å². The molecule has 4 heteroatoms. The Bertz CT molecular complexity index is 539. The van der Waals surface area contributed by atoms with Crippen molar-refractivity contribution in [1.29, 1.82) is 0 Å². The fraction of sp³-hybridized carbons (Fsp3) is 0.562. The van der Waals surface area contributed by atoms with Gasteiger partial charge in [0.2, 0.25) is 6.08 Å². The summed E-state index contributed by atoms with van der Waals surface area (Å²) in [5.74, 6) is 0.846. The molecule has 0 heterocycles. The maximum Gasteiger partial charge on any atom is 0.235 e. The maximum absolute atomic E-state index is 10.8. The van der Waals surface area contributed by atoms with E-state index in [0.717, 1.165) is 31.2 Å². The zero-order chi connectivity index (χ0) is 14.8. The first-order valence-electron chi connectivity index (χ1n) is 7.04. The molecule has 4 nitrogen and oxygen atoms in total. The van der Waals surface area contributed by atoms with E-state index in [1.807, 2.05) is 12.1 Å². The van der Waals surface area contributed by atoms with E-state index in [2.05, 4.69) is 18.8 Å².